The number of benzene rings is 2. The van der Waals surface area contributed by atoms with Crippen LogP contribution in [0.15, 0.2) is 42.5 Å². The molecule has 1 amide bonds. The summed E-state index contributed by atoms with van der Waals surface area (Å²) < 4.78 is 45.8. The molecule has 0 aliphatic carbocycles. The maximum atomic E-state index is 12.2. The number of carbonyl (C=O) groups excluding carboxylic acids is 1. The van der Waals surface area contributed by atoms with Gasteiger partial charge < -0.3 is 14.8 Å². The predicted octanol–water partition coefficient (Wildman–Crippen LogP) is 4.61. The molecular formula is C18H18F3NO3. The summed E-state index contributed by atoms with van der Waals surface area (Å²) in [6.07, 6.45) is -5.52. The van der Waals surface area contributed by atoms with Gasteiger partial charge in [-0.2, -0.15) is 0 Å². The quantitative estimate of drug-likeness (QED) is 0.854. The normalized spacial score (nSPS) is 12.4. The standard InChI is InChI=1S/C18H18F3NO3/c1-11-5-4-6-16(12(11)2)24-13(3)17(23)22-14-7-9-15(10-8-14)25-18(19,20)21/h4-10,13H,1-3H3,(H,22,23)/t13-/m1/s1. The van der Waals surface area contributed by atoms with E-state index in [1.165, 1.54) is 12.1 Å². The summed E-state index contributed by atoms with van der Waals surface area (Å²) in [4.78, 5) is 12.2. The second-order valence-electron chi connectivity index (χ2n) is 5.52. The highest BCUT2D eigenvalue weighted by Crippen LogP contribution is 2.25. The molecule has 0 aliphatic heterocycles. The number of ether oxygens (including phenoxy) is 2. The number of nitrogens with one attached hydrogen (secondary N) is 1. The highest BCUT2D eigenvalue weighted by molar-refractivity contribution is 5.94. The number of hydrogen-bond donors (Lipinski definition) is 1. The van der Waals surface area contributed by atoms with Crippen molar-refractivity contribution in [1.29, 1.82) is 0 Å². The van der Waals surface area contributed by atoms with Gasteiger partial charge in [-0.3, -0.25) is 4.79 Å². The molecule has 0 aliphatic rings. The molecule has 0 fully saturated rings. The Morgan fingerprint density at radius 3 is 2.32 bits per heavy atom. The average Bonchev–Trinajstić information content (AvgIpc) is 2.52. The van der Waals surface area contributed by atoms with Gasteiger partial charge in [0.2, 0.25) is 0 Å². The van der Waals surface area contributed by atoms with Gasteiger partial charge in [0.25, 0.3) is 5.91 Å². The van der Waals surface area contributed by atoms with Gasteiger partial charge in [0.05, 0.1) is 0 Å². The molecule has 0 saturated heterocycles. The summed E-state index contributed by atoms with van der Waals surface area (Å²) in [6, 6.07) is 10.4. The van der Waals surface area contributed by atoms with Gasteiger partial charge in [0.1, 0.15) is 11.5 Å². The van der Waals surface area contributed by atoms with E-state index in [0.717, 1.165) is 23.3 Å². The zero-order valence-electron chi connectivity index (χ0n) is 14.0. The van der Waals surface area contributed by atoms with Crippen LogP contribution >= 0.6 is 0 Å². The monoisotopic (exact) mass is 353 g/mol. The Labute approximate surface area is 143 Å². The molecule has 0 aromatic heterocycles. The molecule has 4 nitrogen and oxygen atoms in total. The smallest absolute Gasteiger partial charge is 0.481 e. The minimum absolute atomic E-state index is 0.343. The molecule has 1 N–H and O–H groups in total. The first kappa shape index (κ1) is 18.6. The van der Waals surface area contributed by atoms with Gasteiger partial charge in [-0.15, -0.1) is 13.2 Å². The first-order chi connectivity index (χ1) is 11.7. The van der Waals surface area contributed by atoms with Crippen LogP contribution in [0.1, 0.15) is 18.1 Å². The van der Waals surface area contributed by atoms with Gasteiger partial charge in [-0.05, 0) is 62.2 Å². The van der Waals surface area contributed by atoms with E-state index in [1.807, 2.05) is 26.0 Å². The summed E-state index contributed by atoms with van der Waals surface area (Å²) in [5.41, 5.74) is 2.33. The van der Waals surface area contributed by atoms with Crippen LogP contribution < -0.4 is 14.8 Å². The van der Waals surface area contributed by atoms with Crippen molar-refractivity contribution < 1.29 is 27.4 Å². The van der Waals surface area contributed by atoms with Crippen LogP contribution in [-0.4, -0.2) is 18.4 Å². The first-order valence-electron chi connectivity index (χ1n) is 7.55. The number of alkyl halides is 3. The number of amides is 1. The zero-order valence-corrected chi connectivity index (χ0v) is 14.0. The third-order valence-corrected chi connectivity index (χ3v) is 3.58. The average molecular weight is 353 g/mol. The molecule has 0 bridgehead atoms. The van der Waals surface area contributed by atoms with E-state index in [-0.39, 0.29) is 5.75 Å². The summed E-state index contributed by atoms with van der Waals surface area (Å²) in [6.45, 7) is 5.43. The topological polar surface area (TPSA) is 47.6 Å². The molecule has 0 saturated carbocycles. The van der Waals surface area contributed by atoms with E-state index in [9.17, 15) is 18.0 Å². The van der Waals surface area contributed by atoms with Gasteiger partial charge in [-0.1, -0.05) is 12.1 Å². The molecule has 2 aromatic rings. The third kappa shape index (κ3) is 5.41. The Kier molecular flexibility index (Phi) is 5.56. The second kappa shape index (κ2) is 7.46. The Balaban J connectivity index is 1.98. The highest BCUT2D eigenvalue weighted by atomic mass is 19.4. The zero-order chi connectivity index (χ0) is 18.6. The summed E-state index contributed by atoms with van der Waals surface area (Å²) >= 11 is 0. The van der Waals surface area contributed by atoms with Crippen molar-refractivity contribution in [2.75, 3.05) is 5.32 Å². The van der Waals surface area contributed by atoms with Crippen molar-refractivity contribution in [1.82, 2.24) is 0 Å². The van der Waals surface area contributed by atoms with Crippen LogP contribution in [0.5, 0.6) is 11.5 Å². The Morgan fingerprint density at radius 1 is 1.08 bits per heavy atom. The van der Waals surface area contributed by atoms with E-state index in [0.29, 0.717) is 11.4 Å². The maximum absolute atomic E-state index is 12.2. The van der Waals surface area contributed by atoms with Crippen LogP contribution in [0.25, 0.3) is 0 Å². The number of carbonyl (C=O) groups is 1. The molecule has 1 atom stereocenters. The van der Waals surface area contributed by atoms with Crippen molar-refractivity contribution in [2.24, 2.45) is 0 Å². The molecule has 134 valence electrons. The van der Waals surface area contributed by atoms with E-state index >= 15 is 0 Å². The fourth-order valence-corrected chi connectivity index (χ4v) is 2.08. The van der Waals surface area contributed by atoms with Crippen LogP contribution in [0, 0.1) is 13.8 Å². The summed E-state index contributed by atoms with van der Waals surface area (Å²) in [7, 11) is 0. The van der Waals surface area contributed by atoms with Crippen LogP contribution in [0.3, 0.4) is 0 Å². The van der Waals surface area contributed by atoms with E-state index in [1.54, 1.807) is 13.0 Å². The highest BCUT2D eigenvalue weighted by Gasteiger charge is 2.31. The Bertz CT molecular complexity index is 742. The minimum atomic E-state index is -4.75. The number of hydrogen-bond acceptors (Lipinski definition) is 3. The minimum Gasteiger partial charge on any atom is -0.481 e. The molecule has 7 heteroatoms. The largest absolute Gasteiger partial charge is 0.573 e. The van der Waals surface area contributed by atoms with Crippen molar-refractivity contribution in [3.05, 3.63) is 53.6 Å². The van der Waals surface area contributed by atoms with Crippen LogP contribution in [-0.2, 0) is 4.79 Å². The van der Waals surface area contributed by atoms with E-state index in [2.05, 4.69) is 10.1 Å². The molecule has 0 unspecified atom stereocenters. The molecule has 25 heavy (non-hydrogen) atoms. The predicted molar refractivity (Wildman–Crippen MR) is 87.8 cm³/mol. The SMILES string of the molecule is Cc1cccc(O[C@H](C)C(=O)Nc2ccc(OC(F)(F)F)cc2)c1C. The molecule has 0 heterocycles. The van der Waals surface area contributed by atoms with Crippen molar-refractivity contribution in [3.63, 3.8) is 0 Å². The lowest BCUT2D eigenvalue weighted by Crippen LogP contribution is -2.30. The Morgan fingerprint density at radius 2 is 1.72 bits per heavy atom. The number of anilines is 1. The van der Waals surface area contributed by atoms with E-state index < -0.39 is 18.4 Å². The van der Waals surface area contributed by atoms with Gasteiger partial charge in [0.15, 0.2) is 6.10 Å². The molecular weight excluding hydrogens is 335 g/mol. The first-order valence-corrected chi connectivity index (χ1v) is 7.55. The van der Waals surface area contributed by atoms with E-state index in [4.69, 9.17) is 4.74 Å². The molecule has 2 aromatic carbocycles. The van der Waals surface area contributed by atoms with Crippen molar-refractivity contribution in [3.8, 4) is 11.5 Å². The lowest BCUT2D eigenvalue weighted by atomic mass is 10.1. The summed E-state index contributed by atoms with van der Waals surface area (Å²) in [5.74, 6) is -0.160. The van der Waals surface area contributed by atoms with Gasteiger partial charge in [-0.25, -0.2) is 0 Å². The van der Waals surface area contributed by atoms with Crippen molar-refractivity contribution in [2.45, 2.75) is 33.2 Å². The lowest BCUT2D eigenvalue weighted by Gasteiger charge is -2.17. The fraction of sp³-hybridized carbons (Fsp3) is 0.278. The number of halogens is 3. The Hall–Kier alpha value is -2.70. The number of rotatable bonds is 5. The molecule has 2 rings (SSSR count). The van der Waals surface area contributed by atoms with Crippen LogP contribution in [0.2, 0.25) is 0 Å². The van der Waals surface area contributed by atoms with Crippen LogP contribution in [0.4, 0.5) is 18.9 Å². The number of aryl methyl sites for hydroxylation is 1. The molecule has 0 radical (unpaired) electrons. The third-order valence-electron chi connectivity index (χ3n) is 3.58. The van der Waals surface area contributed by atoms with Crippen molar-refractivity contribution >= 4 is 11.6 Å². The second-order valence-corrected chi connectivity index (χ2v) is 5.52. The molecule has 0 spiro atoms. The maximum Gasteiger partial charge on any atom is 0.573 e. The van der Waals surface area contributed by atoms with Gasteiger partial charge in [0, 0.05) is 5.69 Å². The summed E-state index contributed by atoms with van der Waals surface area (Å²) in [5, 5.41) is 2.59. The lowest BCUT2D eigenvalue weighted by molar-refractivity contribution is -0.274. The van der Waals surface area contributed by atoms with Gasteiger partial charge >= 0.3 is 6.36 Å². The fourth-order valence-electron chi connectivity index (χ4n) is 2.08.